The zero-order valence-corrected chi connectivity index (χ0v) is 17.7. The number of hydrogen-bond donors (Lipinski definition) is 2. The molecule has 1 aliphatic heterocycles. The van der Waals surface area contributed by atoms with Crippen LogP contribution in [0.3, 0.4) is 0 Å². The summed E-state index contributed by atoms with van der Waals surface area (Å²) in [5.74, 6) is 0.916. The van der Waals surface area contributed by atoms with E-state index in [4.69, 9.17) is 21.0 Å². The van der Waals surface area contributed by atoms with Crippen molar-refractivity contribution in [1.82, 2.24) is 5.06 Å². The molecule has 3 rings (SSSR count). The number of benzene rings is 2. The first-order valence-corrected chi connectivity index (χ1v) is 9.98. The van der Waals surface area contributed by atoms with Crippen LogP contribution in [0, 0.1) is 0 Å². The molecule has 0 amide bonds. The van der Waals surface area contributed by atoms with Crippen LogP contribution in [-0.2, 0) is 4.84 Å². The van der Waals surface area contributed by atoms with Crippen LogP contribution < -0.4 is 16.2 Å². The third-order valence-corrected chi connectivity index (χ3v) is 4.47. The number of guanidine groups is 2. The molecule has 8 heteroatoms. The number of ether oxygens (including phenoxy) is 1. The van der Waals surface area contributed by atoms with Crippen molar-refractivity contribution in [3.05, 3.63) is 71.8 Å². The monoisotopic (exact) mass is 421 g/mol. The van der Waals surface area contributed by atoms with Gasteiger partial charge in [0.05, 0.1) is 13.2 Å². The predicted molar refractivity (Wildman–Crippen MR) is 121 cm³/mol. The fourth-order valence-corrected chi connectivity index (χ4v) is 2.97. The van der Waals surface area contributed by atoms with Gasteiger partial charge in [0.15, 0.2) is 11.4 Å². The van der Waals surface area contributed by atoms with Gasteiger partial charge in [-0.15, -0.1) is 0 Å². The summed E-state index contributed by atoms with van der Waals surface area (Å²) in [5, 5.41) is 1.44. The standard InChI is InChI=1S/C23H27N5O3/c1-23(2)27-21(24)26-22(25)28(23)31-16-6-15-30-19-12-10-18(11-13-19)20(29)14-9-17-7-4-3-5-8-17/h3-5,7-14H,6,15-16H2,1-2H3,(H4,24,25,26,27). The first kappa shape index (κ1) is 22.0. The van der Waals surface area contributed by atoms with Gasteiger partial charge >= 0.3 is 0 Å². The maximum Gasteiger partial charge on any atom is 0.226 e. The molecule has 0 saturated heterocycles. The van der Waals surface area contributed by atoms with Crippen molar-refractivity contribution in [1.29, 1.82) is 0 Å². The maximum atomic E-state index is 12.3. The predicted octanol–water partition coefficient (Wildman–Crippen LogP) is 2.96. The number of carbonyl (C=O) groups is 1. The Morgan fingerprint density at radius 3 is 2.45 bits per heavy atom. The summed E-state index contributed by atoms with van der Waals surface area (Å²) in [5.41, 5.74) is 12.4. The third-order valence-electron chi connectivity index (χ3n) is 4.47. The maximum absolute atomic E-state index is 12.3. The number of aliphatic imine (C=N–C) groups is 2. The van der Waals surface area contributed by atoms with Crippen LogP contribution in [0.15, 0.2) is 70.7 Å². The number of rotatable bonds is 9. The lowest BCUT2D eigenvalue weighted by Gasteiger charge is -2.36. The second kappa shape index (κ2) is 9.90. The van der Waals surface area contributed by atoms with E-state index in [1.165, 1.54) is 5.06 Å². The topological polar surface area (TPSA) is 116 Å². The van der Waals surface area contributed by atoms with E-state index in [2.05, 4.69) is 9.98 Å². The molecular formula is C23H27N5O3. The van der Waals surface area contributed by atoms with Crippen molar-refractivity contribution in [3.8, 4) is 5.75 Å². The molecule has 0 spiro atoms. The summed E-state index contributed by atoms with van der Waals surface area (Å²) in [6.45, 7) is 4.47. The van der Waals surface area contributed by atoms with E-state index >= 15 is 0 Å². The summed E-state index contributed by atoms with van der Waals surface area (Å²) in [4.78, 5) is 26.1. The quantitative estimate of drug-likeness (QED) is 0.365. The molecular weight excluding hydrogens is 394 g/mol. The van der Waals surface area contributed by atoms with Crippen LogP contribution in [0.5, 0.6) is 5.75 Å². The molecule has 2 aromatic carbocycles. The van der Waals surface area contributed by atoms with Gasteiger partial charge in [0.2, 0.25) is 11.9 Å². The number of ketones is 1. The summed E-state index contributed by atoms with van der Waals surface area (Å²) >= 11 is 0. The summed E-state index contributed by atoms with van der Waals surface area (Å²) in [6, 6.07) is 16.7. The van der Waals surface area contributed by atoms with E-state index in [1.807, 2.05) is 44.2 Å². The molecule has 4 N–H and O–H groups in total. The molecule has 8 nitrogen and oxygen atoms in total. The van der Waals surface area contributed by atoms with Gasteiger partial charge in [-0.1, -0.05) is 36.4 Å². The highest BCUT2D eigenvalue weighted by Gasteiger charge is 2.32. The molecule has 31 heavy (non-hydrogen) atoms. The average molecular weight is 422 g/mol. The van der Waals surface area contributed by atoms with E-state index in [9.17, 15) is 4.79 Å². The van der Waals surface area contributed by atoms with Gasteiger partial charge < -0.3 is 16.2 Å². The molecule has 2 aromatic rings. The van der Waals surface area contributed by atoms with Gasteiger partial charge in [0.25, 0.3) is 0 Å². The molecule has 0 unspecified atom stereocenters. The van der Waals surface area contributed by atoms with Crippen LogP contribution in [0.1, 0.15) is 36.2 Å². The molecule has 0 aromatic heterocycles. The van der Waals surface area contributed by atoms with Gasteiger partial charge in [0.1, 0.15) is 5.75 Å². The lowest BCUT2D eigenvalue weighted by atomic mass is 10.1. The number of allylic oxidation sites excluding steroid dienone is 1. The molecule has 162 valence electrons. The lowest BCUT2D eigenvalue weighted by molar-refractivity contribution is -0.158. The normalized spacial score (nSPS) is 15.5. The molecule has 0 saturated carbocycles. The number of nitrogens with zero attached hydrogens (tertiary/aromatic N) is 3. The third kappa shape index (κ3) is 6.16. The van der Waals surface area contributed by atoms with Gasteiger partial charge in [-0.3, -0.25) is 9.63 Å². The first-order chi connectivity index (χ1) is 14.8. The second-order valence-corrected chi connectivity index (χ2v) is 7.40. The minimum absolute atomic E-state index is 0.0597. The summed E-state index contributed by atoms with van der Waals surface area (Å²) in [6.07, 6.45) is 3.99. The van der Waals surface area contributed by atoms with E-state index in [1.54, 1.807) is 36.4 Å². The number of carbonyl (C=O) groups excluding carboxylic acids is 1. The largest absolute Gasteiger partial charge is 0.494 e. The molecule has 0 bridgehead atoms. The van der Waals surface area contributed by atoms with Crippen molar-refractivity contribution < 1.29 is 14.4 Å². The number of nitrogens with two attached hydrogens (primary N) is 2. The van der Waals surface area contributed by atoms with Crippen molar-refractivity contribution in [2.24, 2.45) is 21.5 Å². The lowest BCUT2D eigenvalue weighted by Crippen LogP contribution is -2.53. The Balaban J connectivity index is 1.42. The fourth-order valence-electron chi connectivity index (χ4n) is 2.97. The van der Waals surface area contributed by atoms with E-state index < -0.39 is 5.66 Å². The minimum atomic E-state index is -0.728. The Labute approximate surface area is 181 Å². The zero-order valence-electron chi connectivity index (χ0n) is 17.7. The first-order valence-electron chi connectivity index (χ1n) is 9.98. The highest BCUT2D eigenvalue weighted by atomic mass is 16.7. The van der Waals surface area contributed by atoms with Crippen molar-refractivity contribution in [3.63, 3.8) is 0 Å². The molecule has 1 aliphatic rings. The minimum Gasteiger partial charge on any atom is -0.494 e. The van der Waals surface area contributed by atoms with Crippen LogP contribution >= 0.6 is 0 Å². The Morgan fingerprint density at radius 2 is 1.77 bits per heavy atom. The van der Waals surface area contributed by atoms with Crippen LogP contribution in [0.2, 0.25) is 0 Å². The molecule has 1 heterocycles. The van der Waals surface area contributed by atoms with Gasteiger partial charge in [-0.25, -0.2) is 4.99 Å². The van der Waals surface area contributed by atoms with Gasteiger partial charge in [-0.05, 0) is 49.8 Å². The SMILES string of the molecule is CC1(C)N=C(N)N=C(N)N1OCCCOc1ccc(C(=O)C=Cc2ccccc2)cc1. The van der Waals surface area contributed by atoms with Crippen LogP contribution in [0.4, 0.5) is 0 Å². The highest BCUT2D eigenvalue weighted by molar-refractivity contribution is 6.06. The highest BCUT2D eigenvalue weighted by Crippen LogP contribution is 2.20. The number of hydroxylamine groups is 2. The van der Waals surface area contributed by atoms with Crippen molar-refractivity contribution in [2.75, 3.05) is 13.2 Å². The van der Waals surface area contributed by atoms with E-state index in [-0.39, 0.29) is 17.7 Å². The molecule has 0 radical (unpaired) electrons. The van der Waals surface area contributed by atoms with E-state index in [0.717, 1.165) is 5.56 Å². The molecule has 0 aliphatic carbocycles. The summed E-state index contributed by atoms with van der Waals surface area (Å²) in [7, 11) is 0. The molecule has 0 fully saturated rings. The fraction of sp³-hybridized carbons (Fsp3) is 0.261. The Morgan fingerprint density at radius 1 is 1.06 bits per heavy atom. The van der Waals surface area contributed by atoms with Crippen LogP contribution in [-0.4, -0.2) is 41.6 Å². The average Bonchev–Trinajstić information content (AvgIpc) is 2.74. The smallest absolute Gasteiger partial charge is 0.226 e. The van der Waals surface area contributed by atoms with Gasteiger partial charge in [0, 0.05) is 12.0 Å². The van der Waals surface area contributed by atoms with E-state index in [0.29, 0.717) is 30.9 Å². The second-order valence-electron chi connectivity index (χ2n) is 7.40. The van der Waals surface area contributed by atoms with Crippen LogP contribution in [0.25, 0.3) is 6.08 Å². The van der Waals surface area contributed by atoms with Crippen molar-refractivity contribution >= 4 is 23.8 Å². The Bertz CT molecular complexity index is 982. The van der Waals surface area contributed by atoms with Crippen molar-refractivity contribution in [2.45, 2.75) is 25.9 Å². The number of hydrogen-bond acceptors (Lipinski definition) is 8. The molecule has 0 atom stereocenters. The van der Waals surface area contributed by atoms with Gasteiger partial charge in [-0.2, -0.15) is 10.1 Å². The summed E-state index contributed by atoms with van der Waals surface area (Å²) < 4.78 is 5.72. The zero-order chi connectivity index (χ0) is 22.3. The Hall–Kier alpha value is -3.65. The Kier molecular flexibility index (Phi) is 7.04.